The van der Waals surface area contributed by atoms with Crippen LogP contribution in [0.15, 0.2) is 60.9 Å². The molecule has 1 aromatic heterocycles. The van der Waals surface area contributed by atoms with Crippen molar-refractivity contribution < 1.29 is 14.4 Å². The zero-order valence-electron chi connectivity index (χ0n) is 20.6. The van der Waals surface area contributed by atoms with E-state index in [-0.39, 0.29) is 17.2 Å². The fourth-order valence-corrected chi connectivity index (χ4v) is 7.54. The lowest BCUT2D eigenvalue weighted by molar-refractivity contribution is -0.142. The van der Waals surface area contributed by atoms with E-state index in [9.17, 15) is 14.4 Å². The van der Waals surface area contributed by atoms with Crippen LogP contribution >= 0.6 is 23.4 Å². The first-order valence-electron chi connectivity index (χ1n) is 12.5. The van der Waals surface area contributed by atoms with E-state index in [0.29, 0.717) is 10.7 Å². The van der Waals surface area contributed by atoms with E-state index >= 15 is 0 Å². The Morgan fingerprint density at radius 1 is 1.11 bits per heavy atom. The summed E-state index contributed by atoms with van der Waals surface area (Å²) in [4.78, 5) is 49.2. The molecule has 3 aromatic rings. The number of rotatable bonds is 3. The molecule has 8 nitrogen and oxygen atoms in total. The summed E-state index contributed by atoms with van der Waals surface area (Å²) in [5, 5.41) is 4.76. The number of likely N-dealkylation sites (tertiary alicyclic amines) is 1. The van der Waals surface area contributed by atoms with Gasteiger partial charge < -0.3 is 15.1 Å². The maximum absolute atomic E-state index is 13.7. The lowest BCUT2D eigenvalue weighted by Gasteiger charge is -2.60. The maximum Gasteiger partial charge on any atom is 0.329 e. The first-order chi connectivity index (χ1) is 18.3. The monoisotopic (exact) mass is 545 g/mol. The SMILES string of the molecule is CC(=O)N1CC2(C1)CN(c1ccc3cncc(N4C(=O)NC5C=C(c6ccccc6Cl)SC5C4=O)c3c1)C2. The molecule has 4 aliphatic heterocycles. The summed E-state index contributed by atoms with van der Waals surface area (Å²) in [7, 11) is 0. The molecule has 38 heavy (non-hydrogen) atoms. The number of urea groups is 1. The Morgan fingerprint density at radius 2 is 1.89 bits per heavy atom. The fourth-order valence-electron chi connectivity index (χ4n) is 5.94. The van der Waals surface area contributed by atoms with E-state index in [1.165, 1.54) is 16.7 Å². The highest BCUT2D eigenvalue weighted by atomic mass is 35.5. The lowest BCUT2D eigenvalue weighted by atomic mass is 9.72. The normalized spacial score (nSPS) is 23.6. The largest absolute Gasteiger partial charge is 0.370 e. The van der Waals surface area contributed by atoms with Gasteiger partial charge in [-0.1, -0.05) is 35.9 Å². The number of halogens is 1. The summed E-state index contributed by atoms with van der Waals surface area (Å²) in [6, 6.07) is 12.7. The van der Waals surface area contributed by atoms with Crippen LogP contribution in [0.1, 0.15) is 12.5 Å². The number of fused-ring (bicyclic) bond motifs is 2. The van der Waals surface area contributed by atoms with Gasteiger partial charge in [0, 0.05) is 76.7 Å². The molecule has 3 fully saturated rings. The second-order valence-electron chi connectivity index (χ2n) is 10.5. The number of aromatic nitrogens is 1. The third-order valence-corrected chi connectivity index (χ3v) is 9.58. The van der Waals surface area contributed by atoms with Crippen LogP contribution in [-0.2, 0) is 9.59 Å². The second-order valence-corrected chi connectivity index (χ2v) is 12.1. The molecular formula is C28H24ClN5O3S. The number of anilines is 2. The van der Waals surface area contributed by atoms with Gasteiger partial charge >= 0.3 is 6.03 Å². The van der Waals surface area contributed by atoms with Crippen LogP contribution in [-0.4, -0.2) is 65.2 Å². The molecule has 5 heterocycles. The second kappa shape index (κ2) is 8.47. The number of amides is 4. The van der Waals surface area contributed by atoms with Crippen molar-refractivity contribution in [3.05, 3.63) is 71.5 Å². The highest BCUT2D eigenvalue weighted by Crippen LogP contribution is 2.46. The fraction of sp³-hybridized carbons (Fsp3) is 0.286. The number of imide groups is 1. The third kappa shape index (κ3) is 3.60. The molecule has 4 amide bonds. The van der Waals surface area contributed by atoms with Gasteiger partial charge in [-0.2, -0.15) is 0 Å². The molecule has 2 atom stereocenters. The Balaban J connectivity index is 1.16. The number of nitrogens with zero attached hydrogens (tertiary/aromatic N) is 4. The van der Waals surface area contributed by atoms with Crippen LogP contribution in [0.4, 0.5) is 16.2 Å². The number of hydrogen-bond acceptors (Lipinski definition) is 6. The number of hydrogen-bond donors (Lipinski definition) is 1. The summed E-state index contributed by atoms with van der Waals surface area (Å²) >= 11 is 7.82. The zero-order valence-corrected chi connectivity index (χ0v) is 22.1. The van der Waals surface area contributed by atoms with Crippen LogP contribution in [0, 0.1) is 5.41 Å². The quantitative estimate of drug-likeness (QED) is 0.532. The highest BCUT2D eigenvalue weighted by molar-refractivity contribution is 8.09. The molecule has 2 unspecified atom stereocenters. The molecule has 4 aliphatic rings. The van der Waals surface area contributed by atoms with Gasteiger partial charge in [-0.15, -0.1) is 11.8 Å². The molecule has 0 saturated carbocycles. The summed E-state index contributed by atoms with van der Waals surface area (Å²) < 4.78 is 0. The lowest BCUT2D eigenvalue weighted by Crippen LogP contribution is -2.72. The maximum atomic E-state index is 13.7. The van der Waals surface area contributed by atoms with Crippen LogP contribution in [0.25, 0.3) is 15.7 Å². The topological polar surface area (TPSA) is 85.8 Å². The van der Waals surface area contributed by atoms with Crippen molar-refractivity contribution >= 4 is 68.3 Å². The molecule has 1 N–H and O–H groups in total. The van der Waals surface area contributed by atoms with Crippen molar-refractivity contribution in [1.29, 1.82) is 0 Å². The van der Waals surface area contributed by atoms with Gasteiger partial charge in [0.2, 0.25) is 5.91 Å². The number of carbonyl (C=O) groups excluding carboxylic acids is 3. The minimum atomic E-state index is -0.490. The first kappa shape index (κ1) is 23.5. The number of benzene rings is 2. The minimum Gasteiger partial charge on any atom is -0.370 e. The van der Waals surface area contributed by atoms with E-state index in [0.717, 1.165) is 53.1 Å². The molecule has 192 valence electrons. The van der Waals surface area contributed by atoms with Crippen LogP contribution < -0.4 is 15.1 Å². The predicted molar refractivity (Wildman–Crippen MR) is 149 cm³/mol. The first-order valence-corrected chi connectivity index (χ1v) is 13.7. The Labute approximate surface area is 228 Å². The number of thioether (sulfide) groups is 1. The number of carbonyl (C=O) groups is 3. The zero-order chi connectivity index (χ0) is 26.2. The van der Waals surface area contributed by atoms with Gasteiger partial charge in [0.1, 0.15) is 5.25 Å². The van der Waals surface area contributed by atoms with Crippen molar-refractivity contribution in [2.75, 3.05) is 36.0 Å². The highest BCUT2D eigenvalue weighted by Gasteiger charge is 2.52. The summed E-state index contributed by atoms with van der Waals surface area (Å²) in [6.45, 7) is 4.97. The Morgan fingerprint density at radius 3 is 2.66 bits per heavy atom. The summed E-state index contributed by atoms with van der Waals surface area (Å²) in [6.07, 6.45) is 5.24. The van der Waals surface area contributed by atoms with Crippen molar-refractivity contribution in [2.45, 2.75) is 18.2 Å². The molecule has 7 rings (SSSR count). The summed E-state index contributed by atoms with van der Waals surface area (Å²) in [5.74, 6) is -0.151. The summed E-state index contributed by atoms with van der Waals surface area (Å²) in [5.41, 5.74) is 2.52. The molecule has 0 aliphatic carbocycles. The molecule has 3 saturated heterocycles. The Hall–Kier alpha value is -3.56. The predicted octanol–water partition coefficient (Wildman–Crippen LogP) is 4.14. The Bertz CT molecular complexity index is 1560. The van der Waals surface area contributed by atoms with Crippen molar-refractivity contribution in [3.8, 4) is 0 Å². The minimum absolute atomic E-state index is 0.123. The van der Waals surface area contributed by atoms with Gasteiger partial charge in [0.05, 0.1) is 17.9 Å². The third-order valence-electron chi connectivity index (χ3n) is 7.89. The molecule has 10 heteroatoms. The van der Waals surface area contributed by atoms with E-state index in [1.807, 2.05) is 53.4 Å². The van der Waals surface area contributed by atoms with Gasteiger partial charge in [-0.05, 0) is 24.3 Å². The van der Waals surface area contributed by atoms with E-state index in [2.05, 4.69) is 15.2 Å². The van der Waals surface area contributed by atoms with Gasteiger partial charge in [-0.3, -0.25) is 14.6 Å². The average Bonchev–Trinajstić information content (AvgIpc) is 3.26. The number of pyridine rings is 1. The number of nitrogens with one attached hydrogen (secondary N) is 1. The van der Waals surface area contributed by atoms with Crippen LogP contribution in [0.3, 0.4) is 0 Å². The van der Waals surface area contributed by atoms with Gasteiger partial charge in [0.15, 0.2) is 0 Å². The van der Waals surface area contributed by atoms with Crippen molar-refractivity contribution in [3.63, 3.8) is 0 Å². The molecule has 0 radical (unpaired) electrons. The van der Waals surface area contributed by atoms with Crippen LogP contribution in [0.5, 0.6) is 0 Å². The average molecular weight is 546 g/mol. The molecule has 0 bridgehead atoms. The van der Waals surface area contributed by atoms with Gasteiger partial charge in [-0.25, -0.2) is 9.69 Å². The van der Waals surface area contributed by atoms with Crippen molar-refractivity contribution in [1.82, 2.24) is 15.2 Å². The smallest absolute Gasteiger partial charge is 0.329 e. The molecule has 2 aromatic carbocycles. The van der Waals surface area contributed by atoms with Crippen LogP contribution in [0.2, 0.25) is 5.02 Å². The van der Waals surface area contributed by atoms with E-state index in [1.54, 1.807) is 19.3 Å². The Kier molecular flexibility index (Phi) is 5.25. The standard InChI is InChI=1S/C28H24ClN5O3S/c1-16(35)32-12-28(13-32)14-33(15-28)18-7-6-17-10-30-11-23(20(17)8-18)34-26(36)25-22(31-27(34)37)9-24(38-25)19-4-2-3-5-21(19)29/h2-11,22,25H,12-15H2,1H3,(H,31,37). The van der Waals surface area contributed by atoms with Gasteiger partial charge in [0.25, 0.3) is 5.91 Å². The molecular weight excluding hydrogens is 522 g/mol. The van der Waals surface area contributed by atoms with Crippen molar-refractivity contribution in [2.24, 2.45) is 5.41 Å². The van der Waals surface area contributed by atoms with E-state index < -0.39 is 17.3 Å². The molecule has 1 spiro atoms. The van der Waals surface area contributed by atoms with E-state index in [4.69, 9.17) is 11.6 Å².